The molecule has 0 saturated heterocycles. The molecule has 0 saturated carbocycles. The Morgan fingerprint density at radius 1 is 1.18 bits per heavy atom. The zero-order chi connectivity index (χ0) is 17.3. The van der Waals surface area contributed by atoms with Gasteiger partial charge in [-0.2, -0.15) is 0 Å². The zero-order valence-corrected chi connectivity index (χ0v) is 14.1. The van der Waals surface area contributed by atoms with Gasteiger partial charge in [-0.25, -0.2) is 13.2 Å². The van der Waals surface area contributed by atoms with Crippen molar-refractivity contribution in [1.82, 2.24) is 0 Å². The largest absolute Gasteiger partial charge is 0.478 e. The molecule has 0 aliphatic heterocycles. The SMILES string of the molecule is CC(C(=O)Nc1cc(C(=O)O)cc(S(C)(=O)=O)c1)C(C)(C)C. The third-order valence-electron chi connectivity index (χ3n) is 3.54. The van der Waals surface area contributed by atoms with E-state index in [1.807, 2.05) is 20.8 Å². The van der Waals surface area contributed by atoms with Crippen molar-refractivity contribution in [2.45, 2.75) is 32.6 Å². The van der Waals surface area contributed by atoms with Crippen LogP contribution in [0.1, 0.15) is 38.1 Å². The number of anilines is 1. The van der Waals surface area contributed by atoms with Crippen molar-refractivity contribution in [1.29, 1.82) is 0 Å². The molecule has 1 aromatic carbocycles. The van der Waals surface area contributed by atoms with Crippen LogP contribution < -0.4 is 5.32 Å². The van der Waals surface area contributed by atoms with E-state index in [0.717, 1.165) is 12.3 Å². The number of carbonyl (C=O) groups is 2. The molecule has 0 heterocycles. The Morgan fingerprint density at radius 3 is 2.14 bits per heavy atom. The Morgan fingerprint density at radius 2 is 1.73 bits per heavy atom. The first-order valence-electron chi connectivity index (χ1n) is 6.71. The third kappa shape index (κ3) is 4.56. The maximum Gasteiger partial charge on any atom is 0.335 e. The number of benzene rings is 1. The van der Waals surface area contributed by atoms with Crippen LogP contribution in [0.3, 0.4) is 0 Å². The van der Waals surface area contributed by atoms with E-state index in [4.69, 9.17) is 5.11 Å². The fourth-order valence-corrected chi connectivity index (χ4v) is 2.33. The maximum absolute atomic E-state index is 12.2. The summed E-state index contributed by atoms with van der Waals surface area (Å²) in [5.74, 6) is -1.89. The van der Waals surface area contributed by atoms with Crippen molar-refractivity contribution in [2.24, 2.45) is 11.3 Å². The lowest BCUT2D eigenvalue weighted by Gasteiger charge is -2.26. The van der Waals surface area contributed by atoms with Crippen LogP contribution in [0.25, 0.3) is 0 Å². The van der Waals surface area contributed by atoms with Crippen molar-refractivity contribution < 1.29 is 23.1 Å². The van der Waals surface area contributed by atoms with Crippen LogP contribution in [0.5, 0.6) is 0 Å². The molecule has 0 radical (unpaired) electrons. The summed E-state index contributed by atoms with van der Waals surface area (Å²) in [5, 5.41) is 11.7. The van der Waals surface area contributed by atoms with Crippen LogP contribution in [0.4, 0.5) is 5.69 Å². The van der Waals surface area contributed by atoms with Crippen molar-refractivity contribution in [3.63, 3.8) is 0 Å². The highest BCUT2D eigenvalue weighted by atomic mass is 32.2. The quantitative estimate of drug-likeness (QED) is 0.884. The molecule has 1 aromatic rings. The number of carboxylic acid groups (broad SMARTS) is 1. The molecule has 0 aliphatic rings. The lowest BCUT2D eigenvalue weighted by atomic mass is 9.81. The highest BCUT2D eigenvalue weighted by Crippen LogP contribution is 2.27. The maximum atomic E-state index is 12.2. The molecule has 0 aliphatic carbocycles. The van der Waals surface area contributed by atoms with E-state index in [0.29, 0.717) is 0 Å². The van der Waals surface area contributed by atoms with Gasteiger partial charge in [0.05, 0.1) is 10.5 Å². The van der Waals surface area contributed by atoms with Gasteiger partial charge in [0.1, 0.15) is 0 Å². The van der Waals surface area contributed by atoms with Crippen LogP contribution in [0.15, 0.2) is 23.1 Å². The highest BCUT2D eigenvalue weighted by molar-refractivity contribution is 7.90. The van der Waals surface area contributed by atoms with Gasteiger partial charge in [-0.05, 0) is 23.6 Å². The predicted octanol–water partition coefficient (Wildman–Crippen LogP) is 2.41. The molecule has 1 unspecified atom stereocenters. The first-order valence-corrected chi connectivity index (χ1v) is 8.61. The minimum Gasteiger partial charge on any atom is -0.478 e. The second kappa shape index (κ2) is 6.08. The Labute approximate surface area is 130 Å². The van der Waals surface area contributed by atoms with Gasteiger partial charge in [-0.15, -0.1) is 0 Å². The van der Waals surface area contributed by atoms with E-state index >= 15 is 0 Å². The summed E-state index contributed by atoms with van der Waals surface area (Å²) in [6.07, 6.45) is 0.983. The van der Waals surface area contributed by atoms with Gasteiger partial charge in [-0.3, -0.25) is 4.79 Å². The lowest BCUT2D eigenvalue weighted by Crippen LogP contribution is -2.30. The number of aromatic carboxylic acids is 1. The predicted molar refractivity (Wildman–Crippen MR) is 83.8 cm³/mol. The molecule has 0 aromatic heterocycles. The molecule has 0 bridgehead atoms. The van der Waals surface area contributed by atoms with E-state index < -0.39 is 15.8 Å². The zero-order valence-electron chi connectivity index (χ0n) is 13.3. The first-order chi connectivity index (χ1) is 9.82. The number of carboxylic acids is 1. The number of rotatable bonds is 4. The average molecular weight is 327 g/mol. The van der Waals surface area contributed by atoms with Gasteiger partial charge in [0, 0.05) is 17.9 Å². The normalized spacial score (nSPS) is 13.5. The first kappa shape index (κ1) is 18.2. The minimum atomic E-state index is -3.58. The molecule has 122 valence electrons. The van der Waals surface area contributed by atoms with Gasteiger partial charge in [-0.1, -0.05) is 27.7 Å². The summed E-state index contributed by atoms with van der Waals surface area (Å²) in [5.41, 5.74) is -0.309. The molecule has 1 amide bonds. The molecule has 0 fully saturated rings. The standard InChI is InChI=1S/C15H21NO5S/c1-9(15(2,3)4)13(17)16-11-6-10(14(18)19)7-12(8-11)22(5,20)21/h6-9H,1-5H3,(H,16,17)(H,18,19). The lowest BCUT2D eigenvalue weighted by molar-refractivity contribution is -0.122. The van der Waals surface area contributed by atoms with Crippen LogP contribution in [-0.2, 0) is 14.6 Å². The fourth-order valence-electron chi connectivity index (χ4n) is 1.65. The summed E-state index contributed by atoms with van der Waals surface area (Å²) in [4.78, 5) is 23.1. The average Bonchev–Trinajstić information content (AvgIpc) is 2.35. The molecule has 7 heteroatoms. The van der Waals surface area contributed by atoms with E-state index in [2.05, 4.69) is 5.32 Å². The number of nitrogens with one attached hydrogen (secondary N) is 1. The van der Waals surface area contributed by atoms with Gasteiger partial charge in [0.2, 0.25) is 5.91 Å². The van der Waals surface area contributed by atoms with E-state index in [1.165, 1.54) is 12.1 Å². The molecule has 0 spiro atoms. The molecule has 1 rings (SSSR count). The topological polar surface area (TPSA) is 101 Å². The molecular formula is C15H21NO5S. The number of carbonyl (C=O) groups excluding carboxylic acids is 1. The summed E-state index contributed by atoms with van der Waals surface area (Å²) in [6.45, 7) is 7.49. The van der Waals surface area contributed by atoms with Crippen LogP contribution >= 0.6 is 0 Å². The van der Waals surface area contributed by atoms with Gasteiger partial charge >= 0.3 is 5.97 Å². The summed E-state index contributed by atoms with van der Waals surface area (Å²) in [7, 11) is -3.58. The fraction of sp³-hybridized carbons (Fsp3) is 0.467. The van der Waals surface area contributed by atoms with Gasteiger partial charge < -0.3 is 10.4 Å². The number of amides is 1. The number of hydrogen-bond acceptors (Lipinski definition) is 4. The van der Waals surface area contributed by atoms with Crippen molar-refractivity contribution in [3.05, 3.63) is 23.8 Å². The number of hydrogen-bond donors (Lipinski definition) is 2. The van der Waals surface area contributed by atoms with E-state index in [1.54, 1.807) is 6.92 Å². The Kier molecular flexibility index (Phi) is 5.02. The van der Waals surface area contributed by atoms with Crippen molar-refractivity contribution in [3.8, 4) is 0 Å². The minimum absolute atomic E-state index is 0.147. The number of sulfone groups is 1. The molecule has 1 atom stereocenters. The van der Waals surface area contributed by atoms with E-state index in [-0.39, 0.29) is 33.4 Å². The Hall–Kier alpha value is -1.89. The smallest absolute Gasteiger partial charge is 0.335 e. The second-order valence-electron chi connectivity index (χ2n) is 6.40. The van der Waals surface area contributed by atoms with Crippen molar-refractivity contribution >= 4 is 27.4 Å². The van der Waals surface area contributed by atoms with Crippen LogP contribution in [-0.4, -0.2) is 31.7 Å². The summed E-state index contributed by atoms with van der Waals surface area (Å²) < 4.78 is 23.3. The van der Waals surface area contributed by atoms with Crippen LogP contribution in [0.2, 0.25) is 0 Å². The summed E-state index contributed by atoms with van der Waals surface area (Å²) >= 11 is 0. The third-order valence-corrected chi connectivity index (χ3v) is 4.63. The molecule has 6 nitrogen and oxygen atoms in total. The highest BCUT2D eigenvalue weighted by Gasteiger charge is 2.27. The monoisotopic (exact) mass is 327 g/mol. The van der Waals surface area contributed by atoms with Gasteiger partial charge in [0.25, 0.3) is 0 Å². The summed E-state index contributed by atoms with van der Waals surface area (Å²) in [6, 6.07) is 3.57. The van der Waals surface area contributed by atoms with Crippen molar-refractivity contribution in [2.75, 3.05) is 11.6 Å². The van der Waals surface area contributed by atoms with Gasteiger partial charge in [0.15, 0.2) is 9.84 Å². The van der Waals surface area contributed by atoms with E-state index in [9.17, 15) is 18.0 Å². The Bertz CT molecular complexity index is 701. The van der Waals surface area contributed by atoms with Crippen LogP contribution in [0, 0.1) is 11.3 Å². The molecular weight excluding hydrogens is 306 g/mol. The molecule has 2 N–H and O–H groups in total. The Balaban J connectivity index is 3.23. The molecule has 22 heavy (non-hydrogen) atoms. The second-order valence-corrected chi connectivity index (χ2v) is 8.42.